The van der Waals surface area contributed by atoms with Gasteiger partial charge in [-0.2, -0.15) is 0 Å². The van der Waals surface area contributed by atoms with E-state index in [1.807, 2.05) is 24.3 Å². The summed E-state index contributed by atoms with van der Waals surface area (Å²) in [4.78, 5) is 7.07. The Morgan fingerprint density at radius 3 is 2.59 bits per heavy atom. The van der Waals surface area contributed by atoms with E-state index in [4.69, 9.17) is 9.72 Å². The molecule has 6 heteroatoms. The topological polar surface area (TPSA) is 57.6 Å². The van der Waals surface area contributed by atoms with Crippen molar-refractivity contribution in [3.8, 4) is 5.75 Å². The van der Waals surface area contributed by atoms with Crippen molar-refractivity contribution in [2.24, 2.45) is 0 Å². The van der Waals surface area contributed by atoms with Crippen LogP contribution in [0, 0.1) is 0 Å². The number of nitrogens with zero attached hydrogens (tertiary/aromatic N) is 2. The fourth-order valence-corrected chi connectivity index (χ4v) is 4.30. The Morgan fingerprint density at radius 1 is 1.10 bits per heavy atom. The number of rotatable bonds is 12. The Hall–Kier alpha value is -1.63. The second kappa shape index (κ2) is 12.2. The molecule has 1 fully saturated rings. The first-order chi connectivity index (χ1) is 14.2. The molecule has 1 aromatic carbocycles. The van der Waals surface area contributed by atoms with Crippen LogP contribution < -0.4 is 10.1 Å². The van der Waals surface area contributed by atoms with Crippen LogP contribution >= 0.6 is 11.3 Å². The summed E-state index contributed by atoms with van der Waals surface area (Å²) >= 11 is 1.63. The largest absolute Gasteiger partial charge is 0.494 e. The number of hydrogen-bond acceptors (Lipinski definition) is 6. The number of ether oxygens (including phenoxy) is 1. The summed E-state index contributed by atoms with van der Waals surface area (Å²) in [5.74, 6) is 0.927. The van der Waals surface area contributed by atoms with Crippen molar-refractivity contribution in [3.05, 3.63) is 35.3 Å². The first-order valence-corrected chi connectivity index (χ1v) is 12.0. The van der Waals surface area contributed by atoms with Gasteiger partial charge in [-0.3, -0.25) is 4.90 Å². The second-order valence-electron chi connectivity index (χ2n) is 7.92. The molecule has 2 aromatic rings. The molecular formula is C23H35N3O2S. The van der Waals surface area contributed by atoms with E-state index in [0.29, 0.717) is 0 Å². The summed E-state index contributed by atoms with van der Waals surface area (Å²) in [7, 11) is 0. The molecular weight excluding hydrogens is 382 g/mol. The predicted molar refractivity (Wildman–Crippen MR) is 121 cm³/mol. The summed E-state index contributed by atoms with van der Waals surface area (Å²) in [5.41, 5.74) is 2.12. The Balaban J connectivity index is 1.37. The van der Waals surface area contributed by atoms with Gasteiger partial charge in [0, 0.05) is 30.7 Å². The molecule has 0 aliphatic carbocycles. The highest BCUT2D eigenvalue weighted by molar-refractivity contribution is 7.13. The molecule has 1 aliphatic rings. The van der Waals surface area contributed by atoms with Crippen molar-refractivity contribution >= 4 is 22.2 Å². The summed E-state index contributed by atoms with van der Waals surface area (Å²) in [6.45, 7) is 5.79. The summed E-state index contributed by atoms with van der Waals surface area (Å²) in [6.07, 6.45) is 9.28. The van der Waals surface area contributed by atoms with Crippen LogP contribution in [0.4, 0.5) is 10.8 Å². The first-order valence-electron chi connectivity index (χ1n) is 11.1. The van der Waals surface area contributed by atoms with Gasteiger partial charge >= 0.3 is 0 Å². The van der Waals surface area contributed by atoms with Gasteiger partial charge in [-0.05, 0) is 43.5 Å². The molecule has 0 unspecified atom stereocenters. The number of aromatic nitrogens is 1. The third kappa shape index (κ3) is 7.96. The zero-order chi connectivity index (χ0) is 20.3. The Morgan fingerprint density at radius 2 is 1.83 bits per heavy atom. The van der Waals surface area contributed by atoms with Gasteiger partial charge in [0.2, 0.25) is 0 Å². The molecule has 5 nitrogen and oxygen atoms in total. The van der Waals surface area contributed by atoms with Gasteiger partial charge in [0.15, 0.2) is 5.13 Å². The minimum absolute atomic E-state index is 0.128. The number of benzene rings is 1. The number of thiazole rings is 1. The average molecular weight is 418 g/mol. The number of nitrogens with one attached hydrogen (secondary N) is 1. The SMILES string of the molecule is CCCCCCCCOc1ccc(Nc2nc(CN3CCC(O)CC3)cs2)cc1. The third-order valence-corrected chi connectivity index (χ3v) is 6.17. The smallest absolute Gasteiger partial charge is 0.187 e. The van der Waals surface area contributed by atoms with Gasteiger partial charge in [-0.15, -0.1) is 11.3 Å². The van der Waals surface area contributed by atoms with Gasteiger partial charge in [-0.25, -0.2) is 4.98 Å². The van der Waals surface area contributed by atoms with Gasteiger partial charge in [0.25, 0.3) is 0 Å². The van der Waals surface area contributed by atoms with Crippen LogP contribution in [0.25, 0.3) is 0 Å². The molecule has 0 bridgehead atoms. The number of likely N-dealkylation sites (tertiary alicyclic amines) is 1. The van der Waals surface area contributed by atoms with E-state index in [-0.39, 0.29) is 6.10 Å². The number of hydrogen-bond donors (Lipinski definition) is 2. The highest BCUT2D eigenvalue weighted by Gasteiger charge is 2.17. The highest BCUT2D eigenvalue weighted by atomic mass is 32.1. The minimum Gasteiger partial charge on any atom is -0.494 e. The van der Waals surface area contributed by atoms with Crippen molar-refractivity contribution in [1.29, 1.82) is 0 Å². The fraction of sp³-hybridized carbons (Fsp3) is 0.609. The van der Waals surface area contributed by atoms with Gasteiger partial charge in [-0.1, -0.05) is 39.0 Å². The zero-order valence-electron chi connectivity index (χ0n) is 17.6. The monoisotopic (exact) mass is 417 g/mol. The standard InChI is InChI=1S/C23H35N3O2S/c1-2-3-4-5-6-7-16-28-22-10-8-19(9-11-22)24-23-25-20(18-29-23)17-26-14-12-21(27)13-15-26/h8-11,18,21,27H,2-7,12-17H2,1H3,(H,24,25). The summed E-state index contributed by atoms with van der Waals surface area (Å²) in [5, 5.41) is 16.0. The van der Waals surface area contributed by atoms with Crippen LogP contribution in [-0.2, 0) is 6.54 Å². The molecule has 0 radical (unpaired) electrons. The molecule has 3 rings (SSSR count). The first kappa shape index (κ1) is 22.1. The Bertz CT molecular complexity index is 696. The van der Waals surface area contributed by atoms with Crippen molar-refractivity contribution in [3.63, 3.8) is 0 Å². The lowest BCUT2D eigenvalue weighted by atomic mass is 10.1. The van der Waals surface area contributed by atoms with Crippen LogP contribution in [0.15, 0.2) is 29.6 Å². The number of piperidine rings is 1. The van der Waals surface area contributed by atoms with Crippen LogP contribution in [0.1, 0.15) is 64.0 Å². The molecule has 2 heterocycles. The van der Waals surface area contributed by atoms with Crippen molar-refractivity contribution < 1.29 is 9.84 Å². The zero-order valence-corrected chi connectivity index (χ0v) is 18.4. The maximum absolute atomic E-state index is 9.62. The molecule has 0 spiro atoms. The van der Waals surface area contributed by atoms with Crippen LogP contribution in [0.2, 0.25) is 0 Å². The molecule has 0 atom stereocenters. The van der Waals surface area contributed by atoms with E-state index in [1.165, 1.54) is 32.1 Å². The summed E-state index contributed by atoms with van der Waals surface area (Å²) in [6, 6.07) is 8.13. The van der Waals surface area contributed by atoms with E-state index in [9.17, 15) is 5.11 Å². The quantitative estimate of drug-likeness (QED) is 0.441. The number of aliphatic hydroxyl groups excluding tert-OH is 1. The molecule has 0 amide bonds. The molecule has 160 valence electrons. The average Bonchev–Trinajstić information content (AvgIpc) is 3.17. The second-order valence-corrected chi connectivity index (χ2v) is 8.78. The maximum atomic E-state index is 9.62. The molecule has 29 heavy (non-hydrogen) atoms. The van der Waals surface area contributed by atoms with E-state index in [1.54, 1.807) is 11.3 Å². The van der Waals surface area contributed by atoms with E-state index < -0.39 is 0 Å². The molecule has 1 saturated heterocycles. The lowest BCUT2D eigenvalue weighted by molar-refractivity contribution is 0.0787. The predicted octanol–water partition coefficient (Wildman–Crippen LogP) is 5.58. The molecule has 0 saturated carbocycles. The lowest BCUT2D eigenvalue weighted by Gasteiger charge is -2.28. The molecule has 1 aliphatic heterocycles. The molecule has 1 aromatic heterocycles. The number of anilines is 2. The van der Waals surface area contributed by atoms with Crippen LogP contribution in [0.3, 0.4) is 0 Å². The highest BCUT2D eigenvalue weighted by Crippen LogP contribution is 2.24. The van der Waals surface area contributed by atoms with Crippen molar-refractivity contribution in [2.75, 3.05) is 25.0 Å². The fourth-order valence-electron chi connectivity index (χ4n) is 3.57. The summed E-state index contributed by atoms with van der Waals surface area (Å²) < 4.78 is 5.85. The van der Waals surface area contributed by atoms with Crippen molar-refractivity contribution in [1.82, 2.24) is 9.88 Å². The van der Waals surface area contributed by atoms with E-state index in [2.05, 4.69) is 22.5 Å². The van der Waals surface area contributed by atoms with E-state index in [0.717, 1.165) is 67.8 Å². The normalized spacial score (nSPS) is 15.5. The Labute approximate surface area is 179 Å². The minimum atomic E-state index is -0.128. The Kier molecular flexibility index (Phi) is 9.25. The lowest BCUT2D eigenvalue weighted by Crippen LogP contribution is -2.35. The van der Waals surface area contributed by atoms with Crippen LogP contribution in [-0.4, -0.2) is 40.8 Å². The van der Waals surface area contributed by atoms with Crippen molar-refractivity contribution in [2.45, 2.75) is 70.9 Å². The molecule has 2 N–H and O–H groups in total. The number of aliphatic hydroxyl groups is 1. The maximum Gasteiger partial charge on any atom is 0.187 e. The van der Waals surface area contributed by atoms with Gasteiger partial charge in [0.1, 0.15) is 5.75 Å². The van der Waals surface area contributed by atoms with Gasteiger partial charge < -0.3 is 15.2 Å². The van der Waals surface area contributed by atoms with Crippen LogP contribution in [0.5, 0.6) is 5.75 Å². The third-order valence-electron chi connectivity index (χ3n) is 5.37. The van der Waals surface area contributed by atoms with Gasteiger partial charge in [0.05, 0.1) is 18.4 Å². The van der Waals surface area contributed by atoms with E-state index >= 15 is 0 Å². The number of unbranched alkanes of at least 4 members (excludes halogenated alkanes) is 5.